The highest BCUT2D eigenvalue weighted by Gasteiger charge is 2.42. The molecule has 1 nitrogen and oxygen atoms in total. The molecule has 1 aliphatic carbocycles. The van der Waals surface area contributed by atoms with Gasteiger partial charge in [-0.3, -0.25) is 0 Å². The zero-order chi connectivity index (χ0) is 7.73. The quantitative estimate of drug-likeness (QED) is 0.558. The van der Waals surface area contributed by atoms with Crippen molar-refractivity contribution in [3.05, 3.63) is 0 Å². The highest BCUT2D eigenvalue weighted by atomic mass is 32.2. The van der Waals surface area contributed by atoms with Crippen molar-refractivity contribution >= 4 is 11.9 Å². The summed E-state index contributed by atoms with van der Waals surface area (Å²) in [5.74, 6) is 0. The van der Waals surface area contributed by atoms with E-state index < -0.39 is 0 Å². The van der Waals surface area contributed by atoms with E-state index in [0.29, 0.717) is 0 Å². The van der Waals surface area contributed by atoms with Crippen molar-refractivity contribution in [2.24, 2.45) is 5.41 Å². The molecule has 1 aliphatic heterocycles. The molecule has 2 rings (SSSR count). The van der Waals surface area contributed by atoms with Crippen LogP contribution in [-0.2, 0) is 0 Å². The van der Waals surface area contributed by atoms with Gasteiger partial charge < -0.3 is 0 Å². The summed E-state index contributed by atoms with van der Waals surface area (Å²) >= 11 is 1.91. The molecule has 64 valence electrons. The van der Waals surface area contributed by atoms with Gasteiger partial charge in [-0.25, -0.2) is 4.31 Å². The zero-order valence-electron chi connectivity index (χ0n) is 7.31. The van der Waals surface area contributed by atoms with Crippen molar-refractivity contribution in [1.29, 1.82) is 0 Å². The molecule has 0 atom stereocenters. The Kier molecular flexibility index (Phi) is 2.15. The maximum absolute atomic E-state index is 2.49. The zero-order valence-corrected chi connectivity index (χ0v) is 8.12. The molecule has 11 heavy (non-hydrogen) atoms. The van der Waals surface area contributed by atoms with Gasteiger partial charge in [-0.05, 0) is 24.5 Å². The summed E-state index contributed by atoms with van der Waals surface area (Å²) in [7, 11) is 0. The molecule has 2 heteroatoms. The third-order valence-corrected chi connectivity index (χ3v) is 3.97. The van der Waals surface area contributed by atoms with Crippen molar-refractivity contribution in [1.82, 2.24) is 4.31 Å². The van der Waals surface area contributed by atoms with Crippen LogP contribution < -0.4 is 0 Å². The second-order valence-corrected chi connectivity index (χ2v) is 4.92. The van der Waals surface area contributed by atoms with E-state index in [9.17, 15) is 0 Å². The molecular weight excluding hydrogens is 154 g/mol. The van der Waals surface area contributed by atoms with Crippen LogP contribution in [0.5, 0.6) is 0 Å². The fourth-order valence-electron chi connectivity index (χ4n) is 2.45. The molecule has 1 spiro atoms. The van der Waals surface area contributed by atoms with Gasteiger partial charge in [0.05, 0.1) is 0 Å². The SMILES string of the molecule is CSN1CC2(CCCCC2)C1. The lowest BCUT2D eigenvalue weighted by Gasteiger charge is -2.51. The standard InChI is InChI=1S/C9H17NS/c1-11-10-7-9(8-10)5-3-2-4-6-9/h2-8H2,1H3. The molecule has 0 aromatic heterocycles. The third kappa shape index (κ3) is 1.43. The Balaban J connectivity index is 1.84. The molecule has 1 heterocycles. The van der Waals surface area contributed by atoms with Crippen LogP contribution in [0.1, 0.15) is 32.1 Å². The third-order valence-electron chi connectivity index (χ3n) is 3.20. The van der Waals surface area contributed by atoms with E-state index in [1.54, 1.807) is 0 Å². The lowest BCUT2D eigenvalue weighted by molar-refractivity contribution is 0.0385. The minimum Gasteiger partial charge on any atom is -0.250 e. The summed E-state index contributed by atoms with van der Waals surface area (Å²) < 4.78 is 2.49. The molecule has 2 fully saturated rings. The largest absolute Gasteiger partial charge is 0.250 e. The lowest BCUT2D eigenvalue weighted by Crippen LogP contribution is -2.53. The van der Waals surface area contributed by atoms with Gasteiger partial charge >= 0.3 is 0 Å². The van der Waals surface area contributed by atoms with E-state index in [1.165, 1.54) is 45.2 Å². The van der Waals surface area contributed by atoms with Gasteiger partial charge in [0.15, 0.2) is 0 Å². The molecule has 0 aromatic carbocycles. The first-order chi connectivity index (χ1) is 5.35. The summed E-state index contributed by atoms with van der Waals surface area (Å²) in [5.41, 5.74) is 0.779. The van der Waals surface area contributed by atoms with Crippen molar-refractivity contribution in [3.63, 3.8) is 0 Å². The summed E-state index contributed by atoms with van der Waals surface area (Å²) in [4.78, 5) is 0. The highest BCUT2D eigenvalue weighted by Crippen LogP contribution is 2.45. The summed E-state index contributed by atoms with van der Waals surface area (Å²) in [6.45, 7) is 2.74. The Bertz CT molecular complexity index is 132. The van der Waals surface area contributed by atoms with Crippen molar-refractivity contribution in [2.75, 3.05) is 19.3 Å². The maximum Gasteiger partial charge on any atom is 0.0159 e. The molecule has 0 amide bonds. The fraction of sp³-hybridized carbons (Fsp3) is 1.00. The number of hydrogen-bond acceptors (Lipinski definition) is 2. The first-order valence-electron chi connectivity index (χ1n) is 4.64. The molecule has 1 saturated heterocycles. The second kappa shape index (κ2) is 2.98. The molecule has 0 unspecified atom stereocenters. The van der Waals surface area contributed by atoms with Crippen LogP contribution >= 0.6 is 11.9 Å². The molecular formula is C9H17NS. The Morgan fingerprint density at radius 3 is 2.27 bits per heavy atom. The van der Waals surface area contributed by atoms with Gasteiger partial charge in [-0.1, -0.05) is 31.2 Å². The smallest absolute Gasteiger partial charge is 0.0159 e. The molecule has 0 radical (unpaired) electrons. The first-order valence-corrected chi connectivity index (χ1v) is 5.82. The van der Waals surface area contributed by atoms with Crippen molar-refractivity contribution in [3.8, 4) is 0 Å². The molecule has 2 aliphatic rings. The van der Waals surface area contributed by atoms with Crippen LogP contribution in [0.15, 0.2) is 0 Å². The minimum atomic E-state index is 0.779. The number of hydrogen-bond donors (Lipinski definition) is 0. The molecule has 0 N–H and O–H groups in total. The Morgan fingerprint density at radius 1 is 1.09 bits per heavy atom. The van der Waals surface area contributed by atoms with E-state index >= 15 is 0 Å². The number of rotatable bonds is 1. The van der Waals surface area contributed by atoms with E-state index in [4.69, 9.17) is 0 Å². The Hall–Kier alpha value is 0.310. The van der Waals surface area contributed by atoms with Crippen LogP contribution in [0.25, 0.3) is 0 Å². The van der Waals surface area contributed by atoms with Crippen LogP contribution in [0.2, 0.25) is 0 Å². The fourth-order valence-corrected chi connectivity index (χ4v) is 3.25. The normalized spacial score (nSPS) is 30.3. The van der Waals surface area contributed by atoms with Crippen LogP contribution in [-0.4, -0.2) is 23.7 Å². The first kappa shape index (κ1) is 7.93. The summed E-state index contributed by atoms with van der Waals surface area (Å²) in [6, 6.07) is 0. The molecule has 1 saturated carbocycles. The predicted molar refractivity (Wildman–Crippen MR) is 50.6 cm³/mol. The van der Waals surface area contributed by atoms with E-state index in [0.717, 1.165) is 5.41 Å². The van der Waals surface area contributed by atoms with Crippen molar-refractivity contribution < 1.29 is 0 Å². The average Bonchev–Trinajstić information content (AvgIpc) is 2.01. The predicted octanol–water partition coefficient (Wildman–Crippen LogP) is 2.53. The van der Waals surface area contributed by atoms with E-state index in [-0.39, 0.29) is 0 Å². The van der Waals surface area contributed by atoms with Crippen LogP contribution in [0.3, 0.4) is 0 Å². The topological polar surface area (TPSA) is 3.24 Å². The van der Waals surface area contributed by atoms with E-state index in [1.807, 2.05) is 11.9 Å². The minimum absolute atomic E-state index is 0.779. The van der Waals surface area contributed by atoms with Gasteiger partial charge in [0, 0.05) is 13.1 Å². The van der Waals surface area contributed by atoms with Crippen molar-refractivity contribution in [2.45, 2.75) is 32.1 Å². The van der Waals surface area contributed by atoms with Gasteiger partial charge in [0.1, 0.15) is 0 Å². The second-order valence-electron chi connectivity index (χ2n) is 4.04. The monoisotopic (exact) mass is 171 g/mol. The summed E-state index contributed by atoms with van der Waals surface area (Å²) in [5, 5.41) is 0. The van der Waals surface area contributed by atoms with Crippen LogP contribution in [0, 0.1) is 5.41 Å². The number of nitrogens with zero attached hydrogens (tertiary/aromatic N) is 1. The maximum atomic E-state index is 2.49. The van der Waals surface area contributed by atoms with Gasteiger partial charge in [-0.15, -0.1) is 0 Å². The Labute approximate surface area is 73.7 Å². The lowest BCUT2D eigenvalue weighted by atomic mass is 9.70. The average molecular weight is 171 g/mol. The highest BCUT2D eigenvalue weighted by molar-refractivity contribution is 7.96. The Morgan fingerprint density at radius 2 is 1.73 bits per heavy atom. The molecule has 0 aromatic rings. The van der Waals surface area contributed by atoms with Gasteiger partial charge in [0.2, 0.25) is 0 Å². The van der Waals surface area contributed by atoms with Gasteiger partial charge in [-0.2, -0.15) is 0 Å². The molecule has 0 bridgehead atoms. The van der Waals surface area contributed by atoms with Crippen LogP contribution in [0.4, 0.5) is 0 Å². The van der Waals surface area contributed by atoms with Gasteiger partial charge in [0.25, 0.3) is 0 Å². The summed E-state index contributed by atoms with van der Waals surface area (Å²) in [6.07, 6.45) is 9.66. The van der Waals surface area contributed by atoms with E-state index in [2.05, 4.69) is 10.6 Å².